The van der Waals surface area contributed by atoms with Crippen molar-refractivity contribution in [2.75, 3.05) is 13.1 Å². The number of nitriles is 1. The topological polar surface area (TPSA) is 36.3 Å². The molecule has 2 rings (SSSR count). The van der Waals surface area contributed by atoms with E-state index in [1.54, 1.807) is 0 Å². The van der Waals surface area contributed by atoms with Gasteiger partial charge in [-0.2, -0.15) is 5.26 Å². The van der Waals surface area contributed by atoms with Gasteiger partial charge in [0.15, 0.2) is 0 Å². The van der Waals surface area contributed by atoms with E-state index >= 15 is 0 Å². The third kappa shape index (κ3) is 3.74. The molecule has 2 atom stereocenters. The van der Waals surface area contributed by atoms with Crippen molar-refractivity contribution in [1.82, 2.24) is 4.90 Å². The zero-order valence-corrected chi connectivity index (χ0v) is 10.6. The molecule has 0 saturated heterocycles. The SMILES string of the molecule is C[C@@H](C1CC1)N(CCC#N)C[C@H]1CCC=CO1. The van der Waals surface area contributed by atoms with Gasteiger partial charge >= 0.3 is 0 Å². The molecule has 3 heteroatoms. The second kappa shape index (κ2) is 6.07. The third-order valence-electron chi connectivity index (χ3n) is 3.85. The zero-order valence-electron chi connectivity index (χ0n) is 10.6. The smallest absolute Gasteiger partial charge is 0.111 e. The van der Waals surface area contributed by atoms with Crippen molar-refractivity contribution < 1.29 is 4.74 Å². The lowest BCUT2D eigenvalue weighted by Gasteiger charge is -2.32. The van der Waals surface area contributed by atoms with Crippen molar-refractivity contribution in [1.29, 1.82) is 5.26 Å². The lowest BCUT2D eigenvalue weighted by Crippen LogP contribution is -2.41. The van der Waals surface area contributed by atoms with Crippen molar-refractivity contribution >= 4 is 0 Å². The Hall–Kier alpha value is -1.01. The van der Waals surface area contributed by atoms with Gasteiger partial charge < -0.3 is 4.74 Å². The molecule has 2 aliphatic rings. The molecule has 0 aromatic carbocycles. The predicted octanol–water partition coefficient (Wildman–Crippen LogP) is 2.69. The summed E-state index contributed by atoms with van der Waals surface area (Å²) in [6, 6.07) is 2.86. The molecular formula is C14H22N2O. The van der Waals surface area contributed by atoms with E-state index in [0.717, 1.165) is 31.8 Å². The summed E-state index contributed by atoms with van der Waals surface area (Å²) >= 11 is 0. The normalized spacial score (nSPS) is 25.4. The van der Waals surface area contributed by atoms with Gasteiger partial charge in [0.25, 0.3) is 0 Å². The van der Waals surface area contributed by atoms with Gasteiger partial charge in [-0.3, -0.25) is 4.90 Å². The van der Waals surface area contributed by atoms with Crippen LogP contribution >= 0.6 is 0 Å². The van der Waals surface area contributed by atoms with Crippen LogP contribution in [0.3, 0.4) is 0 Å². The predicted molar refractivity (Wildman–Crippen MR) is 67.2 cm³/mol. The number of hydrogen-bond acceptors (Lipinski definition) is 3. The van der Waals surface area contributed by atoms with Gasteiger partial charge in [0.05, 0.1) is 12.3 Å². The highest BCUT2D eigenvalue weighted by Crippen LogP contribution is 2.35. The summed E-state index contributed by atoms with van der Waals surface area (Å²) in [5, 5.41) is 8.74. The average Bonchev–Trinajstić information content (AvgIpc) is 3.19. The molecule has 0 radical (unpaired) electrons. The first-order valence-corrected chi connectivity index (χ1v) is 6.72. The molecule has 1 aliphatic carbocycles. The summed E-state index contributed by atoms with van der Waals surface area (Å²) in [6.07, 6.45) is 9.80. The van der Waals surface area contributed by atoms with Crippen molar-refractivity contribution in [3.63, 3.8) is 0 Å². The van der Waals surface area contributed by atoms with Crippen LogP contribution < -0.4 is 0 Å². The molecule has 0 amide bonds. The first-order valence-electron chi connectivity index (χ1n) is 6.72. The van der Waals surface area contributed by atoms with Gasteiger partial charge in [0, 0.05) is 25.6 Å². The molecule has 0 N–H and O–H groups in total. The van der Waals surface area contributed by atoms with Crippen molar-refractivity contribution in [2.45, 2.75) is 51.2 Å². The quantitative estimate of drug-likeness (QED) is 0.709. The molecule has 0 aromatic heterocycles. The van der Waals surface area contributed by atoms with Crippen LogP contribution in [0.15, 0.2) is 12.3 Å². The number of rotatable bonds is 6. The van der Waals surface area contributed by atoms with Crippen molar-refractivity contribution in [2.24, 2.45) is 5.92 Å². The Kier molecular flexibility index (Phi) is 4.44. The molecule has 0 aromatic rings. The summed E-state index contributed by atoms with van der Waals surface area (Å²) in [4.78, 5) is 2.45. The van der Waals surface area contributed by atoms with Crippen molar-refractivity contribution in [3.05, 3.63) is 12.3 Å². The zero-order chi connectivity index (χ0) is 12.1. The first kappa shape index (κ1) is 12.4. The summed E-state index contributed by atoms with van der Waals surface area (Å²) in [7, 11) is 0. The van der Waals surface area contributed by atoms with Crippen LogP contribution in [-0.4, -0.2) is 30.1 Å². The van der Waals surface area contributed by atoms with E-state index in [1.165, 1.54) is 12.8 Å². The molecule has 0 bridgehead atoms. The molecule has 1 heterocycles. The van der Waals surface area contributed by atoms with Gasteiger partial charge in [-0.05, 0) is 44.6 Å². The van der Waals surface area contributed by atoms with Gasteiger partial charge in [-0.15, -0.1) is 0 Å². The lowest BCUT2D eigenvalue weighted by atomic mass is 10.1. The van der Waals surface area contributed by atoms with Crippen LogP contribution in [0.25, 0.3) is 0 Å². The highest BCUT2D eigenvalue weighted by Gasteiger charge is 2.32. The molecule has 0 spiro atoms. The highest BCUT2D eigenvalue weighted by molar-refractivity contribution is 4.89. The van der Waals surface area contributed by atoms with Gasteiger partial charge in [-0.25, -0.2) is 0 Å². The molecule has 1 aliphatic heterocycles. The number of allylic oxidation sites excluding steroid dienone is 1. The van der Waals surface area contributed by atoms with Gasteiger partial charge in [0.1, 0.15) is 6.10 Å². The van der Waals surface area contributed by atoms with Crippen LogP contribution in [-0.2, 0) is 4.74 Å². The maximum atomic E-state index is 8.74. The van der Waals surface area contributed by atoms with E-state index < -0.39 is 0 Å². The Bertz CT molecular complexity index is 304. The molecule has 17 heavy (non-hydrogen) atoms. The Labute approximate surface area is 104 Å². The van der Waals surface area contributed by atoms with Crippen LogP contribution in [0.2, 0.25) is 0 Å². The monoisotopic (exact) mass is 234 g/mol. The third-order valence-corrected chi connectivity index (χ3v) is 3.85. The van der Waals surface area contributed by atoms with E-state index in [9.17, 15) is 0 Å². The summed E-state index contributed by atoms with van der Waals surface area (Å²) in [5.74, 6) is 0.854. The van der Waals surface area contributed by atoms with Gasteiger partial charge in [0.2, 0.25) is 0 Å². The fraction of sp³-hybridized carbons (Fsp3) is 0.786. The number of ether oxygens (including phenoxy) is 1. The van der Waals surface area contributed by atoms with Crippen LogP contribution in [0.4, 0.5) is 0 Å². The average molecular weight is 234 g/mol. The maximum Gasteiger partial charge on any atom is 0.111 e. The second-order valence-electron chi connectivity index (χ2n) is 5.19. The fourth-order valence-corrected chi connectivity index (χ4v) is 2.51. The lowest BCUT2D eigenvalue weighted by molar-refractivity contribution is 0.0601. The van der Waals surface area contributed by atoms with Gasteiger partial charge in [-0.1, -0.05) is 0 Å². The standard InChI is InChI=1S/C14H22N2O/c1-12(13-6-7-13)16(9-4-8-15)11-14-5-2-3-10-17-14/h3,10,12-14H,2,4-7,9,11H2,1H3/t12-,14+/m0/s1. The Morgan fingerprint density at radius 3 is 2.88 bits per heavy atom. The Morgan fingerprint density at radius 2 is 2.29 bits per heavy atom. The van der Waals surface area contributed by atoms with E-state index in [0.29, 0.717) is 18.6 Å². The van der Waals surface area contributed by atoms with Crippen LogP contribution in [0.1, 0.15) is 39.0 Å². The summed E-state index contributed by atoms with van der Waals surface area (Å²) in [6.45, 7) is 4.16. The number of hydrogen-bond donors (Lipinski definition) is 0. The van der Waals surface area contributed by atoms with Crippen LogP contribution in [0.5, 0.6) is 0 Å². The van der Waals surface area contributed by atoms with E-state index in [-0.39, 0.29) is 0 Å². The summed E-state index contributed by atoms with van der Waals surface area (Å²) in [5.41, 5.74) is 0. The molecule has 1 fully saturated rings. The molecule has 3 nitrogen and oxygen atoms in total. The maximum absolute atomic E-state index is 8.74. The minimum atomic E-state index is 0.319. The molecule has 0 unspecified atom stereocenters. The fourth-order valence-electron chi connectivity index (χ4n) is 2.51. The van der Waals surface area contributed by atoms with Crippen molar-refractivity contribution in [3.8, 4) is 6.07 Å². The Morgan fingerprint density at radius 1 is 1.47 bits per heavy atom. The van der Waals surface area contributed by atoms with E-state index in [2.05, 4.69) is 24.0 Å². The second-order valence-corrected chi connectivity index (χ2v) is 5.19. The summed E-state index contributed by atoms with van der Waals surface area (Å²) < 4.78 is 5.63. The molecule has 94 valence electrons. The highest BCUT2D eigenvalue weighted by atomic mass is 16.5. The largest absolute Gasteiger partial charge is 0.497 e. The van der Waals surface area contributed by atoms with E-state index in [4.69, 9.17) is 10.00 Å². The molecule has 1 saturated carbocycles. The van der Waals surface area contributed by atoms with Crippen LogP contribution in [0, 0.1) is 17.2 Å². The first-order chi connectivity index (χ1) is 8.31. The minimum absolute atomic E-state index is 0.319. The number of nitrogens with zero attached hydrogens (tertiary/aromatic N) is 2. The van der Waals surface area contributed by atoms with E-state index in [1.807, 2.05) is 6.26 Å². The Balaban J connectivity index is 1.85. The molecular weight excluding hydrogens is 212 g/mol. The minimum Gasteiger partial charge on any atom is -0.497 e.